The van der Waals surface area contributed by atoms with Gasteiger partial charge in [-0.1, -0.05) is 24.3 Å². The Morgan fingerprint density at radius 1 is 1.11 bits per heavy atom. The van der Waals surface area contributed by atoms with Crippen molar-refractivity contribution in [1.82, 2.24) is 4.90 Å². The van der Waals surface area contributed by atoms with Gasteiger partial charge < -0.3 is 24.6 Å². The van der Waals surface area contributed by atoms with E-state index in [0.29, 0.717) is 16.9 Å². The Kier molecular flexibility index (Phi) is 5.65. The van der Waals surface area contributed by atoms with E-state index in [0.717, 1.165) is 0 Å². The number of ether oxygens (including phenoxy) is 2. The normalized spacial score (nSPS) is 18.5. The van der Waals surface area contributed by atoms with Crippen molar-refractivity contribution in [2.45, 2.75) is 6.04 Å². The molecule has 0 spiro atoms. The standard InChI is InChI=1S/C21H21NO6/c1-27-11-10-22-18(13-6-8-15(23)9-7-13)17(20(25)21(22)26)19(24)14-4-3-5-16(12-14)28-2/h3-9,12,18,23-24H,10-11H2,1-2H3. The molecule has 3 rings (SSSR count). The van der Waals surface area contributed by atoms with Crippen LogP contribution in [0.5, 0.6) is 11.5 Å². The molecule has 2 N–H and O–H groups in total. The number of phenolic OH excluding ortho intramolecular Hbond substituents is 1. The van der Waals surface area contributed by atoms with E-state index in [1.807, 2.05) is 0 Å². The van der Waals surface area contributed by atoms with Crippen LogP contribution in [0.3, 0.4) is 0 Å². The second-order valence-electron chi connectivity index (χ2n) is 6.31. The Morgan fingerprint density at radius 2 is 1.82 bits per heavy atom. The highest BCUT2D eigenvalue weighted by Crippen LogP contribution is 2.39. The summed E-state index contributed by atoms with van der Waals surface area (Å²) in [6.45, 7) is 0.419. The summed E-state index contributed by atoms with van der Waals surface area (Å²) < 4.78 is 10.2. The molecule has 1 atom stereocenters. The fourth-order valence-electron chi connectivity index (χ4n) is 3.23. The van der Waals surface area contributed by atoms with Crippen LogP contribution < -0.4 is 4.74 Å². The van der Waals surface area contributed by atoms with E-state index >= 15 is 0 Å². The number of benzene rings is 2. The van der Waals surface area contributed by atoms with Crippen LogP contribution in [-0.4, -0.2) is 54.2 Å². The number of rotatable bonds is 6. The van der Waals surface area contributed by atoms with Gasteiger partial charge in [-0.05, 0) is 29.8 Å². The van der Waals surface area contributed by atoms with E-state index in [1.165, 1.54) is 31.3 Å². The number of aliphatic hydroxyl groups is 1. The number of methoxy groups -OCH3 is 2. The minimum atomic E-state index is -0.790. The maximum Gasteiger partial charge on any atom is 0.295 e. The summed E-state index contributed by atoms with van der Waals surface area (Å²) in [5.74, 6) is -1.19. The van der Waals surface area contributed by atoms with Crippen molar-refractivity contribution in [3.8, 4) is 11.5 Å². The number of aromatic hydroxyl groups is 1. The molecule has 0 bridgehead atoms. The predicted octanol–water partition coefficient (Wildman–Crippen LogP) is 2.47. The van der Waals surface area contributed by atoms with E-state index in [2.05, 4.69) is 0 Å². The number of carbonyl (C=O) groups excluding carboxylic acids is 2. The summed E-state index contributed by atoms with van der Waals surface area (Å²) in [6.07, 6.45) is 0. The van der Waals surface area contributed by atoms with Gasteiger partial charge in [0, 0.05) is 19.2 Å². The lowest BCUT2D eigenvalue weighted by molar-refractivity contribution is -0.140. The van der Waals surface area contributed by atoms with E-state index < -0.39 is 17.7 Å². The van der Waals surface area contributed by atoms with E-state index in [4.69, 9.17) is 9.47 Å². The van der Waals surface area contributed by atoms with Crippen LogP contribution in [-0.2, 0) is 14.3 Å². The predicted molar refractivity (Wildman–Crippen MR) is 102 cm³/mol. The topological polar surface area (TPSA) is 96.3 Å². The summed E-state index contributed by atoms with van der Waals surface area (Å²) >= 11 is 0. The third-order valence-corrected chi connectivity index (χ3v) is 4.63. The van der Waals surface area contributed by atoms with Gasteiger partial charge in [-0.25, -0.2) is 0 Å². The minimum absolute atomic E-state index is 0.0138. The lowest BCUT2D eigenvalue weighted by Crippen LogP contribution is -2.32. The molecule has 1 aliphatic heterocycles. The highest BCUT2D eigenvalue weighted by molar-refractivity contribution is 6.46. The van der Waals surface area contributed by atoms with Crippen molar-refractivity contribution in [2.75, 3.05) is 27.4 Å². The molecule has 146 valence electrons. The van der Waals surface area contributed by atoms with Crippen LogP contribution in [0, 0.1) is 0 Å². The van der Waals surface area contributed by atoms with Crippen molar-refractivity contribution in [3.05, 3.63) is 65.2 Å². The Labute approximate surface area is 162 Å². The molecule has 2 aromatic carbocycles. The molecule has 1 fully saturated rings. The molecule has 1 saturated heterocycles. The second kappa shape index (κ2) is 8.14. The minimum Gasteiger partial charge on any atom is -0.508 e. The largest absolute Gasteiger partial charge is 0.508 e. The quantitative estimate of drug-likeness (QED) is 0.452. The van der Waals surface area contributed by atoms with Gasteiger partial charge in [0.05, 0.1) is 25.3 Å². The summed E-state index contributed by atoms with van der Waals surface area (Å²) in [5, 5.41) is 20.5. The molecule has 0 aromatic heterocycles. The molecular formula is C21H21NO6. The van der Waals surface area contributed by atoms with Gasteiger partial charge in [-0.15, -0.1) is 0 Å². The van der Waals surface area contributed by atoms with E-state index in [9.17, 15) is 19.8 Å². The van der Waals surface area contributed by atoms with Crippen LogP contribution >= 0.6 is 0 Å². The van der Waals surface area contributed by atoms with Crippen LogP contribution in [0.25, 0.3) is 5.76 Å². The Morgan fingerprint density at radius 3 is 2.46 bits per heavy atom. The zero-order valence-electron chi connectivity index (χ0n) is 15.6. The average molecular weight is 383 g/mol. The first-order valence-electron chi connectivity index (χ1n) is 8.68. The van der Waals surface area contributed by atoms with E-state index in [1.54, 1.807) is 36.4 Å². The summed E-state index contributed by atoms with van der Waals surface area (Å²) in [4.78, 5) is 26.8. The fraction of sp³-hybridized carbons (Fsp3) is 0.238. The molecule has 0 radical (unpaired) electrons. The number of ketones is 1. The zero-order valence-corrected chi connectivity index (χ0v) is 15.6. The second-order valence-corrected chi connectivity index (χ2v) is 6.31. The molecule has 28 heavy (non-hydrogen) atoms. The van der Waals surface area contributed by atoms with Gasteiger partial charge in [0.25, 0.3) is 11.7 Å². The van der Waals surface area contributed by atoms with Crippen molar-refractivity contribution in [2.24, 2.45) is 0 Å². The van der Waals surface area contributed by atoms with Crippen molar-refractivity contribution >= 4 is 17.4 Å². The third-order valence-electron chi connectivity index (χ3n) is 4.63. The van der Waals surface area contributed by atoms with Gasteiger partial charge in [0.1, 0.15) is 17.3 Å². The van der Waals surface area contributed by atoms with Crippen molar-refractivity contribution < 1.29 is 29.3 Å². The van der Waals surface area contributed by atoms with Crippen LogP contribution in [0.4, 0.5) is 0 Å². The first-order chi connectivity index (χ1) is 13.5. The summed E-state index contributed by atoms with van der Waals surface area (Å²) in [7, 11) is 3.00. The number of carbonyl (C=O) groups is 2. The molecule has 1 aliphatic rings. The summed E-state index contributed by atoms with van der Waals surface area (Å²) in [5.41, 5.74) is 0.950. The molecule has 7 nitrogen and oxygen atoms in total. The molecule has 7 heteroatoms. The van der Waals surface area contributed by atoms with Gasteiger partial charge in [-0.3, -0.25) is 9.59 Å². The maximum absolute atomic E-state index is 12.8. The lowest BCUT2D eigenvalue weighted by Gasteiger charge is -2.25. The monoisotopic (exact) mass is 383 g/mol. The highest BCUT2D eigenvalue weighted by Gasteiger charge is 2.45. The lowest BCUT2D eigenvalue weighted by atomic mass is 9.95. The van der Waals surface area contributed by atoms with Gasteiger partial charge in [0.2, 0.25) is 0 Å². The average Bonchev–Trinajstić information content (AvgIpc) is 2.97. The SMILES string of the molecule is COCCN1C(=O)C(=O)C(=C(O)c2cccc(OC)c2)C1c1ccc(O)cc1. The molecule has 2 aromatic rings. The number of nitrogens with zero attached hydrogens (tertiary/aromatic N) is 1. The molecule has 0 aliphatic carbocycles. The Hall–Kier alpha value is -3.32. The molecule has 0 saturated carbocycles. The number of Topliss-reactive ketones (excluding diaryl/α,β-unsaturated/α-hetero) is 1. The Bertz CT molecular complexity index is 919. The third kappa shape index (κ3) is 3.57. The van der Waals surface area contributed by atoms with Crippen LogP contribution in [0.15, 0.2) is 54.1 Å². The molecule has 1 heterocycles. The van der Waals surface area contributed by atoms with Crippen molar-refractivity contribution in [1.29, 1.82) is 0 Å². The molecule has 1 unspecified atom stereocenters. The number of phenols is 1. The molecule has 1 amide bonds. The maximum atomic E-state index is 12.8. The molecular weight excluding hydrogens is 362 g/mol. The van der Waals surface area contributed by atoms with Gasteiger partial charge in [0.15, 0.2) is 0 Å². The fourth-order valence-corrected chi connectivity index (χ4v) is 3.23. The number of aliphatic hydroxyl groups excluding tert-OH is 1. The number of hydrogen-bond acceptors (Lipinski definition) is 6. The first kappa shape index (κ1) is 19.4. The summed E-state index contributed by atoms with van der Waals surface area (Å²) in [6, 6.07) is 12.0. The Balaban J connectivity index is 2.15. The van der Waals surface area contributed by atoms with E-state index in [-0.39, 0.29) is 30.2 Å². The first-order valence-corrected chi connectivity index (χ1v) is 8.68. The van der Waals surface area contributed by atoms with Gasteiger partial charge in [-0.2, -0.15) is 0 Å². The van der Waals surface area contributed by atoms with Gasteiger partial charge >= 0.3 is 0 Å². The van der Waals surface area contributed by atoms with Crippen molar-refractivity contribution in [3.63, 3.8) is 0 Å². The highest BCUT2D eigenvalue weighted by atomic mass is 16.5. The number of likely N-dealkylation sites (tertiary alicyclic amines) is 1. The zero-order chi connectivity index (χ0) is 20.3. The smallest absolute Gasteiger partial charge is 0.295 e. The number of amides is 1. The van der Waals surface area contributed by atoms with Crippen LogP contribution in [0.2, 0.25) is 0 Å². The number of hydrogen-bond donors (Lipinski definition) is 2. The van der Waals surface area contributed by atoms with Crippen LogP contribution in [0.1, 0.15) is 17.2 Å².